The second-order valence-electron chi connectivity index (χ2n) is 16.1. The predicted octanol–water partition coefficient (Wildman–Crippen LogP) is 15.3. The molecule has 0 radical (unpaired) electrons. The Kier molecular flexibility index (Phi) is 44.9. The smallest absolute Gasteiger partial charge is 0.220 e. The number of carbonyl (C=O) groups excluding carboxylic acids is 1. The van der Waals surface area contributed by atoms with Crippen LogP contribution in [0.25, 0.3) is 0 Å². The lowest BCUT2D eigenvalue weighted by atomic mass is 10.0. The summed E-state index contributed by atoms with van der Waals surface area (Å²) in [6.45, 7) is 4.16. The van der Waals surface area contributed by atoms with E-state index in [1.165, 1.54) is 167 Å². The highest BCUT2D eigenvalue weighted by atomic mass is 16.3. The summed E-state index contributed by atoms with van der Waals surface area (Å²) in [5, 5.41) is 22.8. The van der Waals surface area contributed by atoms with Crippen LogP contribution in [0.4, 0.5) is 0 Å². The number of allylic oxidation sites excluding steroid dienone is 9. The molecule has 0 spiro atoms. The molecule has 4 nitrogen and oxygen atoms in total. The Morgan fingerprint density at radius 2 is 0.800 bits per heavy atom. The molecule has 0 aliphatic heterocycles. The summed E-state index contributed by atoms with van der Waals surface area (Å²) in [6.07, 6.45) is 65.2. The van der Waals surface area contributed by atoms with E-state index < -0.39 is 12.1 Å². The van der Waals surface area contributed by atoms with Crippen LogP contribution in [-0.2, 0) is 4.79 Å². The lowest BCUT2D eigenvalue weighted by molar-refractivity contribution is -0.123. The van der Waals surface area contributed by atoms with Crippen molar-refractivity contribution in [2.24, 2.45) is 0 Å². The van der Waals surface area contributed by atoms with Crippen LogP contribution in [0.2, 0.25) is 0 Å². The van der Waals surface area contributed by atoms with E-state index in [4.69, 9.17) is 0 Å². The average molecular weight is 768 g/mol. The number of rotatable bonds is 43. The van der Waals surface area contributed by atoms with Crippen molar-refractivity contribution in [1.82, 2.24) is 5.32 Å². The second kappa shape index (κ2) is 46.5. The lowest BCUT2D eigenvalue weighted by Crippen LogP contribution is -2.45. The number of amides is 1. The molecular formula is C51H93NO3. The number of hydrogen-bond acceptors (Lipinski definition) is 3. The van der Waals surface area contributed by atoms with E-state index in [1.54, 1.807) is 6.08 Å². The molecule has 0 aromatic heterocycles. The van der Waals surface area contributed by atoms with Crippen LogP contribution in [0.3, 0.4) is 0 Å². The summed E-state index contributed by atoms with van der Waals surface area (Å²) in [7, 11) is 0. The highest BCUT2D eigenvalue weighted by Crippen LogP contribution is 2.16. The maximum Gasteiger partial charge on any atom is 0.220 e. The Bertz CT molecular complexity index is 919. The molecule has 0 saturated heterocycles. The standard InChI is InChI=1S/C51H93NO3/c1-3-5-7-9-11-13-14-15-16-17-18-19-20-21-22-23-24-25-26-27-28-29-30-31-32-33-34-35-36-37-38-39-41-43-45-47-51(55)52-49(48-53)50(54)46-44-42-40-12-10-8-6-4-2/h5,7,11,13,15-16,18-19,44,46,49-50,53-54H,3-4,6,8-10,12,14,17,20-43,45,47-48H2,1-2H3,(H,52,55)/b7-5-,13-11-,16-15-,19-18-,46-44+. The number of hydrogen-bond donors (Lipinski definition) is 3. The Hall–Kier alpha value is -1.91. The van der Waals surface area contributed by atoms with Gasteiger partial charge >= 0.3 is 0 Å². The van der Waals surface area contributed by atoms with Crippen molar-refractivity contribution in [3.8, 4) is 0 Å². The first kappa shape index (κ1) is 53.1. The van der Waals surface area contributed by atoms with Crippen molar-refractivity contribution in [1.29, 1.82) is 0 Å². The topological polar surface area (TPSA) is 69.6 Å². The van der Waals surface area contributed by atoms with Gasteiger partial charge in [-0.3, -0.25) is 4.79 Å². The molecule has 320 valence electrons. The van der Waals surface area contributed by atoms with Gasteiger partial charge in [0.1, 0.15) is 0 Å². The largest absolute Gasteiger partial charge is 0.394 e. The van der Waals surface area contributed by atoms with Gasteiger partial charge in [-0.05, 0) is 57.8 Å². The summed E-state index contributed by atoms with van der Waals surface area (Å²) in [6, 6.07) is -0.618. The van der Waals surface area contributed by atoms with Crippen LogP contribution in [0.1, 0.15) is 239 Å². The molecule has 0 rings (SSSR count). The zero-order valence-corrected chi connectivity index (χ0v) is 36.7. The van der Waals surface area contributed by atoms with Gasteiger partial charge in [-0.1, -0.05) is 235 Å². The minimum atomic E-state index is -0.835. The van der Waals surface area contributed by atoms with Crippen LogP contribution < -0.4 is 5.32 Å². The molecule has 2 atom stereocenters. The fourth-order valence-electron chi connectivity index (χ4n) is 7.11. The molecule has 2 unspecified atom stereocenters. The van der Waals surface area contributed by atoms with Gasteiger partial charge in [0.25, 0.3) is 0 Å². The van der Waals surface area contributed by atoms with Crippen molar-refractivity contribution in [3.05, 3.63) is 60.8 Å². The van der Waals surface area contributed by atoms with Crippen LogP contribution in [-0.4, -0.2) is 34.9 Å². The minimum absolute atomic E-state index is 0.0659. The average Bonchev–Trinajstić information content (AvgIpc) is 3.19. The number of carbonyl (C=O) groups is 1. The van der Waals surface area contributed by atoms with Gasteiger partial charge in [0.2, 0.25) is 5.91 Å². The Labute approximate surface area is 343 Å². The van der Waals surface area contributed by atoms with Crippen LogP contribution in [0.5, 0.6) is 0 Å². The van der Waals surface area contributed by atoms with Gasteiger partial charge in [-0.25, -0.2) is 0 Å². The Balaban J connectivity index is 3.39. The third kappa shape index (κ3) is 43.1. The predicted molar refractivity (Wildman–Crippen MR) is 244 cm³/mol. The van der Waals surface area contributed by atoms with E-state index in [2.05, 4.69) is 67.8 Å². The van der Waals surface area contributed by atoms with E-state index in [9.17, 15) is 15.0 Å². The molecule has 0 heterocycles. The summed E-state index contributed by atoms with van der Waals surface area (Å²) < 4.78 is 0. The van der Waals surface area contributed by atoms with Gasteiger partial charge in [0.05, 0.1) is 18.8 Å². The molecule has 4 heteroatoms. The van der Waals surface area contributed by atoms with Crippen molar-refractivity contribution in [3.63, 3.8) is 0 Å². The summed E-state index contributed by atoms with van der Waals surface area (Å²) in [4.78, 5) is 12.3. The summed E-state index contributed by atoms with van der Waals surface area (Å²) >= 11 is 0. The highest BCUT2D eigenvalue weighted by molar-refractivity contribution is 5.76. The first-order valence-electron chi connectivity index (χ1n) is 24.0. The summed E-state index contributed by atoms with van der Waals surface area (Å²) in [5.41, 5.74) is 0. The van der Waals surface area contributed by atoms with Gasteiger partial charge < -0.3 is 15.5 Å². The van der Waals surface area contributed by atoms with E-state index in [0.29, 0.717) is 6.42 Å². The van der Waals surface area contributed by atoms with Crippen molar-refractivity contribution < 1.29 is 15.0 Å². The maximum atomic E-state index is 12.3. The SMILES string of the molecule is CC/C=C\C/C=C\C/C=C\C/C=C\CCCCCCCCCCCCCCCCCCCCCCCCC(=O)NC(CO)C(O)/C=C/CCCCCCCC. The molecule has 0 aromatic carbocycles. The quantitative estimate of drug-likeness (QED) is 0.0427. The molecule has 0 bridgehead atoms. The molecule has 0 aliphatic carbocycles. The van der Waals surface area contributed by atoms with Gasteiger partial charge in [0.15, 0.2) is 0 Å². The molecule has 0 fully saturated rings. The van der Waals surface area contributed by atoms with E-state index in [-0.39, 0.29) is 12.5 Å². The molecular weight excluding hydrogens is 675 g/mol. The molecule has 55 heavy (non-hydrogen) atoms. The normalized spacial score (nSPS) is 13.5. The van der Waals surface area contributed by atoms with Gasteiger partial charge in [-0.2, -0.15) is 0 Å². The van der Waals surface area contributed by atoms with Crippen LogP contribution >= 0.6 is 0 Å². The minimum Gasteiger partial charge on any atom is -0.394 e. The zero-order valence-electron chi connectivity index (χ0n) is 36.7. The van der Waals surface area contributed by atoms with Crippen molar-refractivity contribution >= 4 is 5.91 Å². The number of nitrogens with one attached hydrogen (secondary N) is 1. The fourth-order valence-corrected chi connectivity index (χ4v) is 7.11. The molecule has 0 aromatic rings. The lowest BCUT2D eigenvalue weighted by Gasteiger charge is -2.20. The van der Waals surface area contributed by atoms with Crippen molar-refractivity contribution in [2.45, 2.75) is 251 Å². The van der Waals surface area contributed by atoms with Crippen LogP contribution in [0.15, 0.2) is 60.8 Å². The number of aliphatic hydroxyl groups is 2. The second-order valence-corrected chi connectivity index (χ2v) is 16.1. The monoisotopic (exact) mass is 768 g/mol. The number of unbranched alkanes of at least 4 members (excludes halogenated alkanes) is 28. The first-order chi connectivity index (χ1) is 27.2. The summed E-state index contributed by atoms with van der Waals surface area (Å²) in [5.74, 6) is -0.0659. The Morgan fingerprint density at radius 3 is 1.20 bits per heavy atom. The highest BCUT2D eigenvalue weighted by Gasteiger charge is 2.17. The van der Waals surface area contributed by atoms with E-state index in [1.807, 2.05) is 6.08 Å². The van der Waals surface area contributed by atoms with E-state index >= 15 is 0 Å². The fraction of sp³-hybridized carbons (Fsp3) is 0.784. The van der Waals surface area contributed by atoms with Crippen molar-refractivity contribution in [2.75, 3.05) is 6.61 Å². The molecule has 1 amide bonds. The maximum absolute atomic E-state index is 12.3. The van der Waals surface area contributed by atoms with Gasteiger partial charge in [-0.15, -0.1) is 0 Å². The third-order valence-corrected chi connectivity index (χ3v) is 10.8. The first-order valence-corrected chi connectivity index (χ1v) is 24.0. The molecule has 0 saturated carbocycles. The van der Waals surface area contributed by atoms with Gasteiger partial charge in [0, 0.05) is 6.42 Å². The Morgan fingerprint density at radius 1 is 0.455 bits per heavy atom. The molecule has 3 N–H and O–H groups in total. The van der Waals surface area contributed by atoms with E-state index in [0.717, 1.165) is 51.4 Å². The third-order valence-electron chi connectivity index (χ3n) is 10.8. The number of aliphatic hydroxyl groups excluding tert-OH is 2. The zero-order chi connectivity index (χ0) is 40.0. The molecule has 0 aliphatic rings. The van der Waals surface area contributed by atoms with Crippen LogP contribution in [0, 0.1) is 0 Å².